The van der Waals surface area contributed by atoms with E-state index < -0.39 is 23.5 Å². The summed E-state index contributed by atoms with van der Waals surface area (Å²) in [5, 5.41) is 17.5. The number of nitrogens with one attached hydrogen (secondary N) is 1. The quantitative estimate of drug-likeness (QED) is 0.477. The number of aromatic nitrogens is 3. The van der Waals surface area contributed by atoms with Gasteiger partial charge in [0.25, 0.3) is 5.91 Å². The lowest BCUT2D eigenvalue weighted by Crippen LogP contribution is -2.29. The molecule has 10 heteroatoms. The Labute approximate surface area is 215 Å². The molecule has 1 aliphatic heterocycles. The Morgan fingerprint density at radius 2 is 2.03 bits per heavy atom. The van der Waals surface area contributed by atoms with Crippen LogP contribution in [-0.4, -0.2) is 50.3 Å². The highest BCUT2D eigenvalue weighted by Crippen LogP contribution is 2.41. The second-order valence-electron chi connectivity index (χ2n) is 10.3. The predicted molar refractivity (Wildman–Crippen MR) is 136 cm³/mol. The van der Waals surface area contributed by atoms with Crippen LogP contribution in [0.2, 0.25) is 0 Å². The molecule has 0 fully saturated rings. The highest BCUT2D eigenvalue weighted by molar-refractivity contribution is 5.93. The molecule has 1 aliphatic rings. The molecule has 0 unspecified atom stereocenters. The van der Waals surface area contributed by atoms with E-state index in [1.807, 2.05) is 13.8 Å². The molecule has 0 spiro atoms. The molecule has 1 atom stereocenters. The largest absolute Gasteiger partial charge is 0.490 e. The zero-order valence-electron chi connectivity index (χ0n) is 22.1. The number of halogens is 1. The molecule has 3 aromatic rings. The first-order valence-electron chi connectivity index (χ1n) is 12.5. The fourth-order valence-corrected chi connectivity index (χ4v) is 4.64. The van der Waals surface area contributed by atoms with Crippen LogP contribution in [0, 0.1) is 19.7 Å². The first-order valence-corrected chi connectivity index (χ1v) is 12.5. The molecule has 3 heterocycles. The summed E-state index contributed by atoms with van der Waals surface area (Å²) < 4.78 is 28.4. The second kappa shape index (κ2) is 10.1. The molecule has 37 heavy (non-hydrogen) atoms. The summed E-state index contributed by atoms with van der Waals surface area (Å²) in [6.07, 6.45) is 0.705. The number of rotatable bonds is 7. The first kappa shape index (κ1) is 26.5. The number of fused-ring (bicyclic) bond motifs is 2. The molecule has 0 aliphatic carbocycles. The number of carbonyl (C=O) groups excluding carboxylic acids is 1. The molecule has 0 saturated heterocycles. The fourth-order valence-electron chi connectivity index (χ4n) is 4.64. The second-order valence-corrected chi connectivity index (χ2v) is 10.3. The molecule has 0 radical (unpaired) electrons. The van der Waals surface area contributed by atoms with Crippen molar-refractivity contribution in [1.29, 1.82) is 0 Å². The Morgan fingerprint density at radius 3 is 2.68 bits per heavy atom. The Bertz CT molecular complexity index is 1380. The number of ether oxygens (including phenoxy) is 2. The SMILES string of the molecule is CCCNC(=O)c1cc2nc(C)c([C@H](OC(C)(C)C)C(=O)O)c(-c3cc(F)c4c(c3C)CCCO4)n2n1. The summed E-state index contributed by atoms with van der Waals surface area (Å²) in [4.78, 5) is 29.8. The van der Waals surface area contributed by atoms with E-state index in [1.165, 1.54) is 10.6 Å². The minimum atomic E-state index is -1.41. The maximum absolute atomic E-state index is 15.4. The molecule has 4 rings (SSSR count). The number of nitrogens with zero attached hydrogens (tertiary/aromatic N) is 3. The summed E-state index contributed by atoms with van der Waals surface area (Å²) in [7, 11) is 0. The van der Waals surface area contributed by atoms with Gasteiger partial charge in [0.15, 0.2) is 29.0 Å². The van der Waals surface area contributed by atoms with E-state index in [1.54, 1.807) is 33.8 Å². The van der Waals surface area contributed by atoms with Gasteiger partial charge >= 0.3 is 5.97 Å². The standard InChI is InChI=1S/C27H33FN4O5/c1-7-10-29-25(33)19-13-20-30-15(3)21(24(26(34)35)37-27(4,5)6)22(32(20)31-19)17-12-18(28)23-16(14(17)2)9-8-11-36-23/h12-13,24H,7-11H2,1-6H3,(H,29,33)(H,34,35)/t24-/m0/s1. The van der Waals surface area contributed by atoms with Crippen molar-refractivity contribution in [3.8, 4) is 17.0 Å². The summed E-state index contributed by atoms with van der Waals surface area (Å²) in [6.45, 7) is 11.7. The van der Waals surface area contributed by atoms with Gasteiger partial charge in [-0.1, -0.05) is 6.92 Å². The average molecular weight is 513 g/mol. The Morgan fingerprint density at radius 1 is 1.30 bits per heavy atom. The van der Waals surface area contributed by atoms with Gasteiger partial charge in [-0.3, -0.25) is 4.79 Å². The lowest BCUT2D eigenvalue weighted by atomic mass is 9.91. The predicted octanol–water partition coefficient (Wildman–Crippen LogP) is 4.56. The van der Waals surface area contributed by atoms with Gasteiger partial charge in [0.2, 0.25) is 0 Å². The monoisotopic (exact) mass is 512 g/mol. The van der Waals surface area contributed by atoms with Gasteiger partial charge in [-0.15, -0.1) is 0 Å². The Balaban J connectivity index is 2.07. The molecular weight excluding hydrogens is 479 g/mol. The lowest BCUT2D eigenvalue weighted by Gasteiger charge is -2.28. The number of benzene rings is 1. The first-order chi connectivity index (χ1) is 17.4. The third kappa shape index (κ3) is 5.16. The number of aryl methyl sites for hydroxylation is 1. The minimum absolute atomic E-state index is 0.127. The van der Waals surface area contributed by atoms with E-state index in [0.29, 0.717) is 42.2 Å². The zero-order valence-corrected chi connectivity index (χ0v) is 22.1. The number of amides is 1. The highest BCUT2D eigenvalue weighted by Gasteiger charge is 2.34. The third-order valence-corrected chi connectivity index (χ3v) is 6.25. The van der Waals surface area contributed by atoms with E-state index in [9.17, 15) is 14.7 Å². The van der Waals surface area contributed by atoms with Gasteiger partial charge in [-0.05, 0) is 65.5 Å². The molecule has 0 saturated carbocycles. The Hall–Kier alpha value is -3.53. The topological polar surface area (TPSA) is 115 Å². The Kier molecular flexibility index (Phi) is 7.23. The number of hydrogen-bond donors (Lipinski definition) is 2. The summed E-state index contributed by atoms with van der Waals surface area (Å²) in [5.74, 6) is -1.91. The van der Waals surface area contributed by atoms with Crippen molar-refractivity contribution in [2.75, 3.05) is 13.2 Å². The number of carbonyl (C=O) groups is 2. The van der Waals surface area contributed by atoms with Gasteiger partial charge < -0.3 is 19.9 Å². The van der Waals surface area contributed by atoms with Crippen LogP contribution >= 0.6 is 0 Å². The van der Waals surface area contributed by atoms with Crippen molar-refractivity contribution in [3.05, 3.63) is 46.0 Å². The van der Waals surface area contributed by atoms with E-state index in [-0.39, 0.29) is 22.9 Å². The molecule has 1 aromatic carbocycles. The molecule has 9 nitrogen and oxygen atoms in total. The summed E-state index contributed by atoms with van der Waals surface area (Å²) >= 11 is 0. The highest BCUT2D eigenvalue weighted by atomic mass is 19.1. The number of carboxylic acid groups (broad SMARTS) is 1. The molecule has 0 bridgehead atoms. The van der Waals surface area contributed by atoms with Crippen molar-refractivity contribution in [2.24, 2.45) is 0 Å². The van der Waals surface area contributed by atoms with Crippen molar-refractivity contribution < 1.29 is 28.6 Å². The molecule has 2 N–H and O–H groups in total. The van der Waals surface area contributed by atoms with Crippen LogP contribution in [0.5, 0.6) is 5.75 Å². The normalized spacial score (nSPS) is 14.2. The molecule has 1 amide bonds. The zero-order chi connectivity index (χ0) is 27.1. The summed E-state index contributed by atoms with van der Waals surface area (Å²) in [6, 6.07) is 2.88. The molecule has 2 aromatic heterocycles. The van der Waals surface area contributed by atoms with Gasteiger partial charge in [0.05, 0.1) is 17.9 Å². The molecule has 198 valence electrons. The van der Waals surface area contributed by atoms with Crippen LogP contribution in [0.1, 0.15) is 79.5 Å². The maximum Gasteiger partial charge on any atom is 0.337 e. The third-order valence-electron chi connectivity index (χ3n) is 6.25. The maximum atomic E-state index is 15.4. The van der Waals surface area contributed by atoms with Gasteiger partial charge in [-0.2, -0.15) is 5.10 Å². The van der Waals surface area contributed by atoms with Crippen LogP contribution in [0.4, 0.5) is 4.39 Å². The van der Waals surface area contributed by atoms with Crippen molar-refractivity contribution >= 4 is 17.5 Å². The summed E-state index contributed by atoms with van der Waals surface area (Å²) in [5.41, 5.74) is 2.53. The number of carboxylic acids is 1. The van der Waals surface area contributed by atoms with Crippen molar-refractivity contribution in [1.82, 2.24) is 19.9 Å². The lowest BCUT2D eigenvalue weighted by molar-refractivity contribution is -0.160. The van der Waals surface area contributed by atoms with Gasteiger partial charge in [0.1, 0.15) is 0 Å². The molecular formula is C27H33FN4O5. The van der Waals surface area contributed by atoms with E-state index in [0.717, 1.165) is 24.0 Å². The van der Waals surface area contributed by atoms with Crippen LogP contribution < -0.4 is 10.1 Å². The van der Waals surface area contributed by atoms with Crippen LogP contribution in [0.25, 0.3) is 16.9 Å². The number of aliphatic carboxylic acids is 1. The van der Waals surface area contributed by atoms with Gasteiger partial charge in [-0.25, -0.2) is 18.7 Å². The van der Waals surface area contributed by atoms with Crippen LogP contribution in [0.3, 0.4) is 0 Å². The van der Waals surface area contributed by atoms with Gasteiger partial charge in [0, 0.05) is 35.0 Å². The smallest absolute Gasteiger partial charge is 0.337 e. The number of hydrogen-bond acceptors (Lipinski definition) is 6. The van der Waals surface area contributed by atoms with Crippen LogP contribution in [-0.2, 0) is 16.0 Å². The fraction of sp³-hybridized carbons (Fsp3) is 0.481. The van der Waals surface area contributed by atoms with Crippen molar-refractivity contribution in [2.45, 2.75) is 72.5 Å². The van der Waals surface area contributed by atoms with E-state index >= 15 is 4.39 Å². The average Bonchev–Trinajstić information content (AvgIpc) is 3.26. The van der Waals surface area contributed by atoms with E-state index in [4.69, 9.17) is 9.47 Å². The van der Waals surface area contributed by atoms with E-state index in [2.05, 4.69) is 15.4 Å². The van der Waals surface area contributed by atoms with Crippen LogP contribution in [0.15, 0.2) is 12.1 Å². The van der Waals surface area contributed by atoms with Crippen molar-refractivity contribution in [3.63, 3.8) is 0 Å². The minimum Gasteiger partial charge on any atom is -0.490 e.